The summed E-state index contributed by atoms with van der Waals surface area (Å²) in [5.74, 6) is 3.67. The van der Waals surface area contributed by atoms with Crippen LogP contribution in [0.15, 0.2) is 24.3 Å². The van der Waals surface area contributed by atoms with Gasteiger partial charge in [-0.15, -0.1) is 0 Å². The van der Waals surface area contributed by atoms with Crippen molar-refractivity contribution in [2.75, 3.05) is 6.61 Å². The molecule has 3 heterocycles. The molecule has 1 N–H and O–H groups in total. The average Bonchev–Trinajstić information content (AvgIpc) is 3.15. The Labute approximate surface area is 169 Å². The van der Waals surface area contributed by atoms with E-state index in [0.717, 1.165) is 5.56 Å². The number of hydrogen-bond acceptors (Lipinski definition) is 5. The number of rotatable bonds is 2. The molecule has 2 atom stereocenters. The number of benzene rings is 1. The summed E-state index contributed by atoms with van der Waals surface area (Å²) in [5.41, 5.74) is 1.42. The van der Waals surface area contributed by atoms with Gasteiger partial charge in [-0.25, -0.2) is 4.68 Å². The Bertz CT molecular complexity index is 1090. The molecule has 0 bridgehead atoms. The molecule has 1 unspecified atom stereocenters. The third-order valence-corrected chi connectivity index (χ3v) is 4.65. The molecular formula is C20H15F3N4O3. The Morgan fingerprint density at radius 1 is 1.33 bits per heavy atom. The van der Waals surface area contributed by atoms with E-state index in [1.165, 1.54) is 16.7 Å². The van der Waals surface area contributed by atoms with Gasteiger partial charge in [-0.3, -0.25) is 4.79 Å². The second kappa shape index (κ2) is 7.64. The highest BCUT2D eigenvalue weighted by Gasteiger charge is 2.28. The summed E-state index contributed by atoms with van der Waals surface area (Å²) in [6, 6.07) is 8.24. The molecule has 0 saturated heterocycles. The largest absolute Gasteiger partial charge is 0.491 e. The maximum atomic E-state index is 12.6. The van der Waals surface area contributed by atoms with Crippen LogP contribution in [-0.4, -0.2) is 40.6 Å². The minimum absolute atomic E-state index is 0.0889. The van der Waals surface area contributed by atoms with Crippen molar-refractivity contribution in [3.63, 3.8) is 0 Å². The van der Waals surface area contributed by atoms with Gasteiger partial charge in [0.2, 0.25) is 5.88 Å². The number of carbonyl (C=O) groups excluding carboxylic acids is 1. The topological polar surface area (TPSA) is 89.2 Å². The maximum absolute atomic E-state index is 12.6. The normalized spacial score (nSPS) is 19.7. The van der Waals surface area contributed by atoms with Crippen LogP contribution in [0.3, 0.4) is 0 Å². The molecule has 1 aromatic carbocycles. The van der Waals surface area contributed by atoms with Gasteiger partial charge in [0.05, 0.1) is 17.7 Å². The Morgan fingerprint density at radius 3 is 2.93 bits per heavy atom. The van der Waals surface area contributed by atoms with Crippen molar-refractivity contribution >= 4 is 5.91 Å². The molecule has 0 radical (unpaired) electrons. The van der Waals surface area contributed by atoms with Gasteiger partial charge in [0.25, 0.3) is 5.91 Å². The first-order valence-electron chi connectivity index (χ1n) is 9.11. The molecule has 1 amide bonds. The minimum Gasteiger partial charge on any atom is -0.491 e. The molecule has 0 fully saturated rings. The highest BCUT2D eigenvalue weighted by Crippen LogP contribution is 2.26. The average molecular weight is 416 g/mol. The van der Waals surface area contributed by atoms with Crippen LogP contribution in [-0.2, 0) is 13.0 Å². The zero-order valence-corrected chi connectivity index (χ0v) is 15.5. The van der Waals surface area contributed by atoms with Crippen LogP contribution in [0, 0.1) is 23.2 Å². The molecule has 10 heteroatoms. The van der Waals surface area contributed by atoms with Crippen LogP contribution >= 0.6 is 0 Å². The number of fused-ring (bicyclic) bond motifs is 2. The molecule has 0 saturated carbocycles. The van der Waals surface area contributed by atoms with Crippen LogP contribution in [0.2, 0.25) is 0 Å². The standard InChI is InChI=1S/C20H15F3N4O3/c21-20(22,23)5-3-15-4-6-27-18(30-15)9-16(26-27)19(28)25-14-8-13-7-12(10-24)1-2-17(13)29-11-14/h1-2,7,9,14-15H,4,6,8,11H2,(H,25,28)/t14-,15?/m1/s1. The number of nitrogens with zero attached hydrogens (tertiary/aromatic N) is 3. The van der Waals surface area contributed by atoms with Crippen molar-refractivity contribution in [3.05, 3.63) is 41.1 Å². The lowest BCUT2D eigenvalue weighted by Crippen LogP contribution is -2.42. The van der Waals surface area contributed by atoms with E-state index in [1.807, 2.05) is 5.92 Å². The fraction of sp³-hybridized carbons (Fsp3) is 0.350. The van der Waals surface area contributed by atoms with Crippen LogP contribution in [0.1, 0.15) is 28.0 Å². The summed E-state index contributed by atoms with van der Waals surface area (Å²) >= 11 is 0. The molecule has 2 aliphatic heterocycles. The van der Waals surface area contributed by atoms with E-state index in [2.05, 4.69) is 16.5 Å². The number of carbonyl (C=O) groups is 1. The quantitative estimate of drug-likeness (QED) is 0.759. The highest BCUT2D eigenvalue weighted by molar-refractivity contribution is 5.92. The first kappa shape index (κ1) is 19.6. The van der Waals surface area contributed by atoms with Gasteiger partial charge in [-0.2, -0.15) is 23.5 Å². The van der Waals surface area contributed by atoms with Gasteiger partial charge in [0.1, 0.15) is 12.4 Å². The Morgan fingerprint density at radius 2 is 2.17 bits per heavy atom. The molecule has 0 aliphatic carbocycles. The maximum Gasteiger partial charge on any atom is 0.457 e. The molecule has 2 aliphatic rings. The molecular weight excluding hydrogens is 401 g/mol. The van der Waals surface area contributed by atoms with Gasteiger partial charge in [-0.05, 0) is 36.1 Å². The van der Waals surface area contributed by atoms with Crippen molar-refractivity contribution in [1.29, 1.82) is 5.26 Å². The summed E-state index contributed by atoms with van der Waals surface area (Å²) < 4.78 is 49.2. The minimum atomic E-state index is -4.58. The van der Waals surface area contributed by atoms with Crippen molar-refractivity contribution in [3.8, 4) is 29.5 Å². The zero-order chi connectivity index (χ0) is 21.3. The smallest absolute Gasteiger partial charge is 0.457 e. The van der Waals surface area contributed by atoms with Crippen molar-refractivity contribution in [2.24, 2.45) is 0 Å². The van der Waals surface area contributed by atoms with Crippen LogP contribution in [0.5, 0.6) is 11.6 Å². The number of ether oxygens (including phenoxy) is 2. The first-order chi connectivity index (χ1) is 14.3. The van der Waals surface area contributed by atoms with E-state index >= 15 is 0 Å². The van der Waals surface area contributed by atoms with Crippen LogP contribution in [0.25, 0.3) is 0 Å². The van der Waals surface area contributed by atoms with Gasteiger partial charge < -0.3 is 14.8 Å². The van der Waals surface area contributed by atoms with Crippen molar-refractivity contribution in [1.82, 2.24) is 15.1 Å². The molecule has 2 aromatic rings. The molecule has 30 heavy (non-hydrogen) atoms. The number of nitriles is 1. The molecule has 1 aromatic heterocycles. The predicted octanol–water partition coefficient (Wildman–Crippen LogP) is 2.21. The van der Waals surface area contributed by atoms with E-state index in [-0.39, 0.29) is 37.2 Å². The number of nitrogens with one attached hydrogen (secondary N) is 1. The van der Waals surface area contributed by atoms with E-state index < -0.39 is 18.2 Å². The zero-order valence-electron chi connectivity index (χ0n) is 15.5. The Hall–Kier alpha value is -3.66. The lowest BCUT2D eigenvalue weighted by molar-refractivity contribution is -0.0700. The molecule has 0 spiro atoms. The second-order valence-electron chi connectivity index (χ2n) is 6.87. The fourth-order valence-electron chi connectivity index (χ4n) is 3.29. The molecule has 4 rings (SSSR count). The summed E-state index contributed by atoms with van der Waals surface area (Å²) in [6.45, 7) is 0.556. The van der Waals surface area contributed by atoms with Crippen molar-refractivity contribution in [2.45, 2.75) is 37.7 Å². The second-order valence-corrected chi connectivity index (χ2v) is 6.87. The Balaban J connectivity index is 1.41. The SMILES string of the molecule is N#Cc1ccc2c(c1)C[C@@H](NC(=O)c1cc3n(n1)CCC(C#CC(F)(F)F)O3)CO2. The van der Waals surface area contributed by atoms with Gasteiger partial charge in [-0.1, -0.05) is 0 Å². The number of alkyl halides is 3. The lowest BCUT2D eigenvalue weighted by atomic mass is 10.0. The summed E-state index contributed by atoms with van der Waals surface area (Å²) in [5, 5.41) is 16.0. The number of amides is 1. The van der Waals surface area contributed by atoms with E-state index in [9.17, 15) is 18.0 Å². The summed E-state index contributed by atoms with van der Waals surface area (Å²) in [6.07, 6.45) is -4.77. The summed E-state index contributed by atoms with van der Waals surface area (Å²) in [4.78, 5) is 12.6. The van der Waals surface area contributed by atoms with Gasteiger partial charge in [0, 0.05) is 25.0 Å². The third kappa shape index (κ3) is 4.33. The highest BCUT2D eigenvalue weighted by atomic mass is 19.4. The fourth-order valence-corrected chi connectivity index (χ4v) is 3.29. The monoisotopic (exact) mass is 416 g/mol. The lowest BCUT2D eigenvalue weighted by Gasteiger charge is -2.25. The molecule has 154 valence electrons. The first-order valence-corrected chi connectivity index (χ1v) is 9.11. The van der Waals surface area contributed by atoms with Gasteiger partial charge >= 0.3 is 6.18 Å². The number of hydrogen-bond donors (Lipinski definition) is 1. The Kier molecular flexibility index (Phi) is 5.00. The molecule has 7 nitrogen and oxygen atoms in total. The number of halogens is 3. The van der Waals surface area contributed by atoms with Crippen LogP contribution < -0.4 is 14.8 Å². The van der Waals surface area contributed by atoms with E-state index in [1.54, 1.807) is 18.2 Å². The number of aromatic nitrogens is 2. The number of aryl methyl sites for hydroxylation is 1. The van der Waals surface area contributed by atoms with Crippen molar-refractivity contribution < 1.29 is 27.4 Å². The summed E-state index contributed by atoms with van der Waals surface area (Å²) in [7, 11) is 0. The third-order valence-electron chi connectivity index (χ3n) is 4.65. The predicted molar refractivity (Wildman–Crippen MR) is 96.7 cm³/mol. The van der Waals surface area contributed by atoms with E-state index in [4.69, 9.17) is 14.7 Å². The van der Waals surface area contributed by atoms with Gasteiger partial charge in [0.15, 0.2) is 11.8 Å². The van der Waals surface area contributed by atoms with Crippen LogP contribution in [0.4, 0.5) is 13.2 Å². The van der Waals surface area contributed by atoms with E-state index in [0.29, 0.717) is 17.7 Å².